The Morgan fingerprint density at radius 2 is 2.11 bits per heavy atom. The third-order valence-electron chi connectivity index (χ3n) is 2.80. The van der Waals surface area contributed by atoms with E-state index in [9.17, 15) is 4.39 Å². The third-order valence-corrected chi connectivity index (χ3v) is 4.25. The van der Waals surface area contributed by atoms with E-state index in [-0.39, 0.29) is 24.4 Å². The zero-order valence-corrected chi connectivity index (χ0v) is 12.1. The van der Waals surface area contributed by atoms with Gasteiger partial charge in [0.15, 0.2) is 0 Å². The number of benzene rings is 1. The quantitative estimate of drug-likeness (QED) is 0.747. The van der Waals surface area contributed by atoms with Gasteiger partial charge in [-0.05, 0) is 31.0 Å². The highest BCUT2D eigenvalue weighted by atomic mass is 32.2. The van der Waals surface area contributed by atoms with Crippen LogP contribution >= 0.6 is 11.8 Å². The molecule has 0 aromatic heterocycles. The molecule has 1 rings (SSSR count). The van der Waals surface area contributed by atoms with Crippen LogP contribution in [0.5, 0.6) is 0 Å². The summed E-state index contributed by atoms with van der Waals surface area (Å²) in [5.74, 6) is 0.729. The van der Waals surface area contributed by atoms with Gasteiger partial charge in [-0.25, -0.2) is 4.39 Å². The summed E-state index contributed by atoms with van der Waals surface area (Å²) in [5.41, 5.74) is 0.993. The second kappa shape index (κ2) is 7.77. The second-order valence-corrected chi connectivity index (χ2v) is 5.57. The summed E-state index contributed by atoms with van der Waals surface area (Å²) < 4.78 is 13.9. The summed E-state index contributed by atoms with van der Waals surface area (Å²) in [5, 5.41) is 12.3. The Hall–Kier alpha value is -0.580. The standard InChI is InChI=1S/C14H22FNOS/c1-4-16-11(3)12-6-5-7-13(15)14(12)18-9-10(2)8-17/h5-7,10-11,16-17H,4,8-9H2,1-3H3. The van der Waals surface area contributed by atoms with Gasteiger partial charge in [-0.1, -0.05) is 26.0 Å². The summed E-state index contributed by atoms with van der Waals surface area (Å²) in [6.07, 6.45) is 0. The molecule has 0 heterocycles. The summed E-state index contributed by atoms with van der Waals surface area (Å²) in [7, 11) is 0. The van der Waals surface area contributed by atoms with Crippen molar-refractivity contribution in [2.24, 2.45) is 5.92 Å². The van der Waals surface area contributed by atoms with Gasteiger partial charge >= 0.3 is 0 Å². The van der Waals surface area contributed by atoms with E-state index in [1.165, 1.54) is 17.8 Å². The van der Waals surface area contributed by atoms with E-state index in [1.54, 1.807) is 6.07 Å². The van der Waals surface area contributed by atoms with Gasteiger partial charge in [-0.3, -0.25) is 0 Å². The number of nitrogens with one attached hydrogen (secondary N) is 1. The lowest BCUT2D eigenvalue weighted by molar-refractivity contribution is 0.250. The number of thioether (sulfide) groups is 1. The van der Waals surface area contributed by atoms with Crippen LogP contribution in [0.15, 0.2) is 23.1 Å². The number of halogens is 1. The minimum atomic E-state index is -0.174. The third kappa shape index (κ3) is 4.26. The Morgan fingerprint density at radius 1 is 1.39 bits per heavy atom. The Bertz CT molecular complexity index is 373. The molecule has 2 N–H and O–H groups in total. The van der Waals surface area contributed by atoms with Crippen molar-refractivity contribution >= 4 is 11.8 Å². The molecule has 1 aromatic carbocycles. The molecule has 4 heteroatoms. The number of hydrogen-bond acceptors (Lipinski definition) is 3. The lowest BCUT2D eigenvalue weighted by atomic mass is 10.1. The van der Waals surface area contributed by atoms with Crippen LogP contribution in [0.1, 0.15) is 32.4 Å². The van der Waals surface area contributed by atoms with Crippen molar-refractivity contribution in [1.82, 2.24) is 5.32 Å². The zero-order chi connectivity index (χ0) is 13.5. The van der Waals surface area contributed by atoms with Gasteiger partial charge in [-0.15, -0.1) is 11.8 Å². The highest BCUT2D eigenvalue weighted by Crippen LogP contribution is 2.31. The fourth-order valence-electron chi connectivity index (χ4n) is 1.71. The smallest absolute Gasteiger partial charge is 0.137 e. The number of aliphatic hydroxyl groups excluding tert-OH is 1. The minimum Gasteiger partial charge on any atom is -0.396 e. The van der Waals surface area contributed by atoms with Crippen LogP contribution in [0.25, 0.3) is 0 Å². The minimum absolute atomic E-state index is 0.137. The first-order chi connectivity index (χ1) is 8.60. The van der Waals surface area contributed by atoms with Crippen LogP contribution in [-0.4, -0.2) is 24.0 Å². The summed E-state index contributed by atoms with van der Waals surface area (Å²) in [6.45, 7) is 7.03. The average Bonchev–Trinajstić information content (AvgIpc) is 2.36. The monoisotopic (exact) mass is 271 g/mol. The maximum absolute atomic E-state index is 13.9. The van der Waals surface area contributed by atoms with Crippen molar-refractivity contribution < 1.29 is 9.50 Å². The van der Waals surface area contributed by atoms with Gasteiger partial charge in [0.1, 0.15) is 5.82 Å². The topological polar surface area (TPSA) is 32.3 Å². The molecule has 0 bridgehead atoms. The van der Waals surface area contributed by atoms with E-state index in [0.717, 1.165) is 17.9 Å². The Balaban J connectivity index is 2.86. The molecule has 0 saturated heterocycles. The van der Waals surface area contributed by atoms with Gasteiger partial charge in [0.05, 0.1) is 0 Å². The Labute approximate surface area is 113 Å². The highest BCUT2D eigenvalue weighted by molar-refractivity contribution is 7.99. The van der Waals surface area contributed by atoms with Crippen molar-refractivity contribution in [3.05, 3.63) is 29.6 Å². The fourth-order valence-corrected chi connectivity index (χ4v) is 2.89. The van der Waals surface area contributed by atoms with Crippen molar-refractivity contribution in [3.63, 3.8) is 0 Å². The second-order valence-electron chi connectivity index (χ2n) is 4.54. The lowest BCUT2D eigenvalue weighted by Crippen LogP contribution is -2.18. The van der Waals surface area contributed by atoms with E-state index in [4.69, 9.17) is 5.11 Å². The predicted octanol–water partition coefficient (Wildman–Crippen LogP) is 3.22. The molecule has 2 atom stereocenters. The van der Waals surface area contributed by atoms with Gasteiger partial charge in [0.2, 0.25) is 0 Å². The van der Waals surface area contributed by atoms with E-state index in [1.807, 2.05) is 26.8 Å². The van der Waals surface area contributed by atoms with E-state index in [0.29, 0.717) is 4.90 Å². The molecule has 0 spiro atoms. The van der Waals surface area contributed by atoms with E-state index >= 15 is 0 Å². The molecular weight excluding hydrogens is 249 g/mol. The van der Waals surface area contributed by atoms with Crippen molar-refractivity contribution in [2.75, 3.05) is 18.9 Å². The Kier molecular flexibility index (Phi) is 6.68. The van der Waals surface area contributed by atoms with Crippen LogP contribution in [0.3, 0.4) is 0 Å². The molecule has 2 unspecified atom stereocenters. The molecule has 0 radical (unpaired) electrons. The molecule has 0 fully saturated rings. The Morgan fingerprint density at radius 3 is 2.72 bits per heavy atom. The molecular formula is C14H22FNOS. The van der Waals surface area contributed by atoms with Crippen molar-refractivity contribution in [1.29, 1.82) is 0 Å². The van der Waals surface area contributed by atoms with E-state index < -0.39 is 0 Å². The molecule has 0 aliphatic carbocycles. The first kappa shape index (κ1) is 15.5. The molecule has 0 aliphatic heterocycles. The van der Waals surface area contributed by atoms with Gasteiger partial charge in [0.25, 0.3) is 0 Å². The number of hydrogen-bond donors (Lipinski definition) is 2. The maximum Gasteiger partial charge on any atom is 0.137 e. The van der Waals surface area contributed by atoms with Crippen LogP contribution in [0.2, 0.25) is 0 Å². The van der Waals surface area contributed by atoms with Crippen molar-refractivity contribution in [2.45, 2.75) is 31.7 Å². The predicted molar refractivity (Wildman–Crippen MR) is 75.5 cm³/mol. The molecule has 0 amide bonds. The van der Waals surface area contributed by atoms with Crippen LogP contribution in [0, 0.1) is 11.7 Å². The largest absolute Gasteiger partial charge is 0.396 e. The summed E-state index contributed by atoms with van der Waals surface area (Å²) in [6, 6.07) is 5.34. The lowest BCUT2D eigenvalue weighted by Gasteiger charge is -2.18. The molecule has 18 heavy (non-hydrogen) atoms. The molecule has 1 aromatic rings. The first-order valence-electron chi connectivity index (χ1n) is 6.35. The normalized spacial score (nSPS) is 14.5. The van der Waals surface area contributed by atoms with Crippen LogP contribution in [0.4, 0.5) is 4.39 Å². The summed E-state index contributed by atoms with van der Waals surface area (Å²) >= 11 is 1.49. The fraction of sp³-hybridized carbons (Fsp3) is 0.571. The van der Waals surface area contributed by atoms with Gasteiger partial charge < -0.3 is 10.4 Å². The van der Waals surface area contributed by atoms with E-state index in [2.05, 4.69) is 5.32 Å². The average molecular weight is 271 g/mol. The summed E-state index contributed by atoms with van der Waals surface area (Å²) in [4.78, 5) is 0.700. The molecule has 0 saturated carbocycles. The van der Waals surface area contributed by atoms with Crippen LogP contribution < -0.4 is 5.32 Å². The molecule has 0 aliphatic rings. The van der Waals surface area contributed by atoms with Crippen LogP contribution in [-0.2, 0) is 0 Å². The maximum atomic E-state index is 13.9. The number of rotatable bonds is 7. The highest BCUT2D eigenvalue weighted by Gasteiger charge is 2.15. The first-order valence-corrected chi connectivity index (χ1v) is 7.34. The van der Waals surface area contributed by atoms with Crippen molar-refractivity contribution in [3.8, 4) is 0 Å². The zero-order valence-electron chi connectivity index (χ0n) is 11.2. The van der Waals surface area contributed by atoms with Gasteiger partial charge in [-0.2, -0.15) is 0 Å². The SMILES string of the molecule is CCNC(C)c1cccc(F)c1SCC(C)CO. The molecule has 102 valence electrons. The molecule has 2 nitrogen and oxygen atoms in total. The number of aliphatic hydroxyl groups is 1. The van der Waals surface area contributed by atoms with Gasteiger partial charge in [0, 0.05) is 23.3 Å².